The molecule has 17 heavy (non-hydrogen) atoms. The highest BCUT2D eigenvalue weighted by Gasteiger charge is 2.07. The molecule has 90 valence electrons. The van der Waals surface area contributed by atoms with Crippen molar-refractivity contribution in [3.05, 3.63) is 53.9 Å². The molecule has 0 radical (unpaired) electrons. The van der Waals surface area contributed by atoms with E-state index >= 15 is 0 Å². The average Bonchev–Trinajstić information content (AvgIpc) is 2.74. The van der Waals surface area contributed by atoms with Crippen molar-refractivity contribution in [2.24, 2.45) is 7.05 Å². The SMILES string of the molecule is Cn1nccc1CCC(O)Cc1ccccc1. The predicted molar refractivity (Wildman–Crippen MR) is 67.7 cm³/mol. The molecule has 0 aliphatic heterocycles. The van der Waals surface area contributed by atoms with Crippen molar-refractivity contribution in [2.45, 2.75) is 25.4 Å². The molecule has 0 aliphatic carbocycles. The summed E-state index contributed by atoms with van der Waals surface area (Å²) >= 11 is 0. The van der Waals surface area contributed by atoms with Gasteiger partial charge in [0.25, 0.3) is 0 Å². The monoisotopic (exact) mass is 230 g/mol. The third-order valence-corrected chi connectivity index (χ3v) is 2.97. The first kappa shape index (κ1) is 11.9. The molecule has 0 amide bonds. The van der Waals surface area contributed by atoms with Crippen LogP contribution in [0, 0.1) is 0 Å². The Labute approximate surface area is 102 Å². The molecule has 1 heterocycles. The van der Waals surface area contributed by atoms with E-state index < -0.39 is 0 Å². The summed E-state index contributed by atoms with van der Waals surface area (Å²) < 4.78 is 1.86. The zero-order valence-corrected chi connectivity index (χ0v) is 10.1. The van der Waals surface area contributed by atoms with Crippen LogP contribution in [0.4, 0.5) is 0 Å². The molecule has 0 saturated heterocycles. The van der Waals surface area contributed by atoms with Gasteiger partial charge in [-0.3, -0.25) is 4.68 Å². The number of hydrogen-bond donors (Lipinski definition) is 1. The van der Waals surface area contributed by atoms with E-state index in [1.807, 2.05) is 48.1 Å². The second kappa shape index (κ2) is 5.64. The van der Waals surface area contributed by atoms with Gasteiger partial charge in [-0.1, -0.05) is 30.3 Å². The number of benzene rings is 1. The van der Waals surface area contributed by atoms with Crippen molar-refractivity contribution in [3.63, 3.8) is 0 Å². The number of aliphatic hydroxyl groups excluding tert-OH is 1. The summed E-state index contributed by atoms with van der Waals surface area (Å²) in [6.07, 6.45) is 3.86. The molecule has 1 N–H and O–H groups in total. The van der Waals surface area contributed by atoms with E-state index in [2.05, 4.69) is 5.10 Å². The van der Waals surface area contributed by atoms with Gasteiger partial charge in [0.15, 0.2) is 0 Å². The molecule has 1 unspecified atom stereocenters. The Bertz CT molecular complexity index is 450. The number of aryl methyl sites for hydroxylation is 2. The van der Waals surface area contributed by atoms with Crippen molar-refractivity contribution >= 4 is 0 Å². The highest BCUT2D eigenvalue weighted by Crippen LogP contribution is 2.09. The van der Waals surface area contributed by atoms with Crippen LogP contribution in [0.15, 0.2) is 42.6 Å². The second-order valence-corrected chi connectivity index (χ2v) is 4.33. The largest absolute Gasteiger partial charge is 0.393 e. The van der Waals surface area contributed by atoms with Crippen LogP contribution >= 0.6 is 0 Å². The lowest BCUT2D eigenvalue weighted by Gasteiger charge is -2.10. The first-order chi connectivity index (χ1) is 8.25. The van der Waals surface area contributed by atoms with Crippen LogP contribution in [-0.2, 0) is 19.9 Å². The van der Waals surface area contributed by atoms with Crippen molar-refractivity contribution < 1.29 is 5.11 Å². The fraction of sp³-hybridized carbons (Fsp3) is 0.357. The zero-order chi connectivity index (χ0) is 12.1. The second-order valence-electron chi connectivity index (χ2n) is 4.33. The van der Waals surface area contributed by atoms with E-state index in [0.717, 1.165) is 25.0 Å². The Kier molecular flexibility index (Phi) is 3.94. The molecule has 1 atom stereocenters. The fourth-order valence-electron chi connectivity index (χ4n) is 1.95. The van der Waals surface area contributed by atoms with E-state index in [-0.39, 0.29) is 6.10 Å². The van der Waals surface area contributed by atoms with Crippen LogP contribution in [0.1, 0.15) is 17.7 Å². The lowest BCUT2D eigenvalue weighted by Crippen LogP contribution is -2.12. The van der Waals surface area contributed by atoms with Gasteiger partial charge in [0.1, 0.15) is 0 Å². The van der Waals surface area contributed by atoms with E-state index in [0.29, 0.717) is 0 Å². The highest BCUT2D eigenvalue weighted by atomic mass is 16.3. The maximum Gasteiger partial charge on any atom is 0.0584 e. The summed E-state index contributed by atoms with van der Waals surface area (Å²) in [6, 6.07) is 12.1. The Morgan fingerprint density at radius 1 is 1.24 bits per heavy atom. The van der Waals surface area contributed by atoms with E-state index in [1.165, 1.54) is 5.56 Å². The lowest BCUT2D eigenvalue weighted by atomic mass is 10.0. The molecular formula is C14H18N2O. The van der Waals surface area contributed by atoms with E-state index in [4.69, 9.17) is 0 Å². The van der Waals surface area contributed by atoms with Gasteiger partial charge < -0.3 is 5.11 Å². The van der Waals surface area contributed by atoms with Crippen LogP contribution in [0.5, 0.6) is 0 Å². The minimum absolute atomic E-state index is 0.285. The lowest BCUT2D eigenvalue weighted by molar-refractivity contribution is 0.164. The summed E-state index contributed by atoms with van der Waals surface area (Å²) in [5.41, 5.74) is 2.35. The smallest absolute Gasteiger partial charge is 0.0584 e. The van der Waals surface area contributed by atoms with Crippen molar-refractivity contribution in [1.29, 1.82) is 0 Å². The quantitative estimate of drug-likeness (QED) is 0.852. The van der Waals surface area contributed by atoms with Crippen molar-refractivity contribution in [3.8, 4) is 0 Å². The number of aromatic nitrogens is 2. The predicted octanol–water partition coefficient (Wildman–Crippen LogP) is 1.96. The van der Waals surface area contributed by atoms with Gasteiger partial charge in [-0.15, -0.1) is 0 Å². The molecule has 0 spiro atoms. The number of hydrogen-bond acceptors (Lipinski definition) is 2. The Hall–Kier alpha value is -1.61. The summed E-state index contributed by atoms with van der Waals surface area (Å²) in [5.74, 6) is 0. The van der Waals surface area contributed by atoms with E-state index in [9.17, 15) is 5.11 Å². The van der Waals surface area contributed by atoms with Gasteiger partial charge >= 0.3 is 0 Å². The van der Waals surface area contributed by atoms with Crippen molar-refractivity contribution in [1.82, 2.24) is 9.78 Å². The fourth-order valence-corrected chi connectivity index (χ4v) is 1.95. The molecule has 3 nitrogen and oxygen atoms in total. The summed E-state index contributed by atoms with van der Waals surface area (Å²) in [7, 11) is 1.93. The Balaban J connectivity index is 1.82. The van der Waals surface area contributed by atoms with Gasteiger partial charge in [-0.2, -0.15) is 5.10 Å². The molecule has 2 rings (SSSR count). The van der Waals surface area contributed by atoms with Crippen LogP contribution < -0.4 is 0 Å². The van der Waals surface area contributed by atoms with Gasteiger partial charge in [-0.25, -0.2) is 0 Å². The summed E-state index contributed by atoms with van der Waals surface area (Å²) in [6.45, 7) is 0. The number of aliphatic hydroxyl groups is 1. The first-order valence-corrected chi connectivity index (χ1v) is 5.94. The van der Waals surface area contributed by atoms with Crippen LogP contribution in [0.2, 0.25) is 0 Å². The number of rotatable bonds is 5. The van der Waals surface area contributed by atoms with Crippen LogP contribution in [0.3, 0.4) is 0 Å². The molecule has 1 aromatic carbocycles. The molecule has 0 bridgehead atoms. The molecule has 0 aliphatic rings. The van der Waals surface area contributed by atoms with Gasteiger partial charge in [0, 0.05) is 18.9 Å². The van der Waals surface area contributed by atoms with Crippen molar-refractivity contribution in [2.75, 3.05) is 0 Å². The highest BCUT2D eigenvalue weighted by molar-refractivity contribution is 5.15. The van der Waals surface area contributed by atoms with Gasteiger partial charge in [-0.05, 0) is 30.9 Å². The van der Waals surface area contributed by atoms with Gasteiger partial charge in [0.05, 0.1) is 6.10 Å². The third kappa shape index (κ3) is 3.43. The summed E-state index contributed by atoms with van der Waals surface area (Å²) in [4.78, 5) is 0. The maximum atomic E-state index is 9.96. The normalized spacial score (nSPS) is 12.6. The Morgan fingerprint density at radius 2 is 2.00 bits per heavy atom. The number of nitrogens with zero attached hydrogens (tertiary/aromatic N) is 2. The topological polar surface area (TPSA) is 38.0 Å². The molecule has 2 aromatic rings. The van der Waals surface area contributed by atoms with E-state index in [1.54, 1.807) is 6.20 Å². The minimum Gasteiger partial charge on any atom is -0.393 e. The molecule has 1 aromatic heterocycles. The summed E-state index contributed by atoms with van der Waals surface area (Å²) in [5, 5.41) is 14.1. The van der Waals surface area contributed by atoms with Crippen LogP contribution in [0.25, 0.3) is 0 Å². The third-order valence-electron chi connectivity index (χ3n) is 2.97. The molecule has 0 saturated carbocycles. The van der Waals surface area contributed by atoms with Crippen LogP contribution in [-0.4, -0.2) is 21.0 Å². The average molecular weight is 230 g/mol. The first-order valence-electron chi connectivity index (χ1n) is 5.94. The minimum atomic E-state index is -0.285. The Morgan fingerprint density at radius 3 is 2.65 bits per heavy atom. The zero-order valence-electron chi connectivity index (χ0n) is 10.1. The molecule has 3 heteroatoms. The maximum absolute atomic E-state index is 9.96. The molecular weight excluding hydrogens is 212 g/mol. The molecule has 0 fully saturated rings. The van der Waals surface area contributed by atoms with Gasteiger partial charge in [0.2, 0.25) is 0 Å². The standard InChI is InChI=1S/C14H18N2O/c1-16-13(9-10-15-16)7-8-14(17)11-12-5-3-2-4-6-12/h2-6,9-10,14,17H,7-8,11H2,1H3.